The van der Waals surface area contributed by atoms with E-state index in [4.69, 9.17) is 4.98 Å². The normalized spacial score (nSPS) is 16.9. The average Bonchev–Trinajstić information content (AvgIpc) is 3.26. The lowest BCUT2D eigenvalue weighted by Gasteiger charge is -2.18. The molecule has 0 bridgehead atoms. The Morgan fingerprint density at radius 1 is 1.38 bits per heavy atom. The summed E-state index contributed by atoms with van der Waals surface area (Å²) in [5, 5.41) is 1.34. The first kappa shape index (κ1) is 20.5. The van der Waals surface area contributed by atoms with Crippen LogP contribution in [0.3, 0.4) is 0 Å². The predicted molar refractivity (Wildman–Crippen MR) is 113 cm³/mol. The van der Waals surface area contributed by atoms with Gasteiger partial charge >= 0.3 is 6.55 Å². The Morgan fingerprint density at radius 2 is 2.17 bits per heavy atom. The van der Waals surface area contributed by atoms with Gasteiger partial charge in [0.15, 0.2) is 5.16 Å². The number of aromatic nitrogens is 4. The summed E-state index contributed by atoms with van der Waals surface area (Å²) in [6.07, 6.45) is 5.65. The molecule has 156 valence electrons. The summed E-state index contributed by atoms with van der Waals surface area (Å²) in [6, 6.07) is 0. The van der Waals surface area contributed by atoms with Gasteiger partial charge in [0.2, 0.25) is 0 Å². The molecule has 0 radical (unpaired) electrons. The lowest BCUT2D eigenvalue weighted by atomic mass is 9.89. The van der Waals surface area contributed by atoms with Gasteiger partial charge in [-0.05, 0) is 36.7 Å². The van der Waals surface area contributed by atoms with Gasteiger partial charge in [0.25, 0.3) is 5.56 Å². The maximum absolute atomic E-state index is 13.4. The predicted octanol–water partition coefficient (Wildman–Crippen LogP) is 5.12. The highest BCUT2D eigenvalue weighted by Crippen LogP contribution is 2.37. The number of alkyl halides is 2. The Hall–Kier alpha value is -1.74. The summed E-state index contributed by atoms with van der Waals surface area (Å²) in [4.78, 5) is 24.3. The lowest BCUT2D eigenvalue weighted by molar-refractivity contribution is 0.0678. The zero-order valence-corrected chi connectivity index (χ0v) is 18.3. The summed E-state index contributed by atoms with van der Waals surface area (Å²) < 4.78 is 28.8. The fourth-order valence-corrected chi connectivity index (χ4v) is 6.19. The monoisotopic (exact) mass is 438 g/mol. The highest BCUT2D eigenvalue weighted by molar-refractivity contribution is 7.98. The van der Waals surface area contributed by atoms with Gasteiger partial charge in [0, 0.05) is 23.8 Å². The first-order chi connectivity index (χ1) is 13.8. The third kappa shape index (κ3) is 3.99. The van der Waals surface area contributed by atoms with E-state index in [1.807, 2.05) is 0 Å². The molecule has 1 atom stereocenters. The molecule has 9 heteroatoms. The van der Waals surface area contributed by atoms with Crippen molar-refractivity contribution < 1.29 is 8.78 Å². The summed E-state index contributed by atoms with van der Waals surface area (Å²) >= 11 is 2.91. The van der Waals surface area contributed by atoms with Crippen LogP contribution in [0.2, 0.25) is 0 Å². The molecule has 1 aliphatic carbocycles. The van der Waals surface area contributed by atoms with Crippen LogP contribution in [0.25, 0.3) is 10.2 Å². The number of halogens is 2. The average molecular weight is 439 g/mol. The smallest absolute Gasteiger partial charge is 0.287 e. The summed E-state index contributed by atoms with van der Waals surface area (Å²) in [6.45, 7) is 4.27. The van der Waals surface area contributed by atoms with Gasteiger partial charge in [-0.25, -0.2) is 9.97 Å². The minimum atomic E-state index is -2.63. The molecule has 3 aromatic heterocycles. The minimum absolute atomic E-state index is 0.00421. The van der Waals surface area contributed by atoms with Crippen LogP contribution >= 0.6 is 23.1 Å². The molecule has 5 nitrogen and oxygen atoms in total. The molecule has 1 unspecified atom stereocenters. The van der Waals surface area contributed by atoms with Crippen LogP contribution in [0, 0.1) is 11.8 Å². The molecule has 0 amide bonds. The quantitative estimate of drug-likeness (QED) is 0.396. The Kier molecular flexibility index (Phi) is 5.79. The van der Waals surface area contributed by atoms with Gasteiger partial charge in [-0.15, -0.1) is 11.3 Å². The number of thiophene rings is 1. The van der Waals surface area contributed by atoms with Gasteiger partial charge in [-0.3, -0.25) is 13.9 Å². The first-order valence-corrected chi connectivity index (χ1v) is 11.6. The summed E-state index contributed by atoms with van der Waals surface area (Å²) in [5.74, 6) is 1.39. The molecule has 0 saturated carbocycles. The van der Waals surface area contributed by atoms with E-state index in [2.05, 4.69) is 25.8 Å². The standard InChI is InChI=1S/C20H24F2N4OS2/c1-11(2)9-26-18(27)16-13-5-4-12(3)8-14(13)29-17(16)24-20(26)28-10-15-23-6-7-25(15)19(21)22/h6-7,11-12,19H,4-5,8-10H2,1-3H3. The van der Waals surface area contributed by atoms with Crippen LogP contribution in [-0.4, -0.2) is 19.1 Å². The number of aryl methyl sites for hydroxylation is 1. The number of hydrogen-bond acceptors (Lipinski definition) is 5. The van der Waals surface area contributed by atoms with E-state index >= 15 is 0 Å². The van der Waals surface area contributed by atoms with Crippen LogP contribution in [0.1, 0.15) is 50.0 Å². The van der Waals surface area contributed by atoms with E-state index in [1.165, 1.54) is 34.6 Å². The molecular weight excluding hydrogens is 414 g/mol. The van der Waals surface area contributed by atoms with Gasteiger partial charge in [-0.1, -0.05) is 32.5 Å². The maximum atomic E-state index is 13.4. The largest absolute Gasteiger partial charge is 0.319 e. The van der Waals surface area contributed by atoms with Gasteiger partial charge in [0.05, 0.1) is 11.1 Å². The van der Waals surface area contributed by atoms with E-state index in [9.17, 15) is 13.6 Å². The number of hydrogen-bond donors (Lipinski definition) is 0. The van der Waals surface area contributed by atoms with Crippen molar-refractivity contribution in [3.05, 3.63) is 39.0 Å². The van der Waals surface area contributed by atoms with Crippen molar-refractivity contribution >= 4 is 33.3 Å². The van der Waals surface area contributed by atoms with Crippen LogP contribution in [0.5, 0.6) is 0 Å². The number of imidazole rings is 1. The van der Waals surface area contributed by atoms with E-state index in [-0.39, 0.29) is 23.1 Å². The zero-order chi connectivity index (χ0) is 20.7. The van der Waals surface area contributed by atoms with Crippen molar-refractivity contribution in [2.24, 2.45) is 11.8 Å². The van der Waals surface area contributed by atoms with E-state index < -0.39 is 6.55 Å². The second-order valence-corrected chi connectivity index (χ2v) is 10.1. The van der Waals surface area contributed by atoms with Crippen molar-refractivity contribution in [1.29, 1.82) is 0 Å². The molecule has 0 aromatic carbocycles. The van der Waals surface area contributed by atoms with Crippen LogP contribution in [-0.2, 0) is 25.1 Å². The van der Waals surface area contributed by atoms with Crippen LogP contribution in [0.4, 0.5) is 8.78 Å². The number of thioether (sulfide) groups is 1. The number of fused-ring (bicyclic) bond motifs is 3. The van der Waals surface area contributed by atoms with Crippen molar-refractivity contribution in [2.45, 2.75) is 64.0 Å². The molecule has 0 fully saturated rings. The van der Waals surface area contributed by atoms with E-state index in [1.54, 1.807) is 15.9 Å². The molecule has 29 heavy (non-hydrogen) atoms. The van der Waals surface area contributed by atoms with Crippen LogP contribution in [0.15, 0.2) is 22.3 Å². The second kappa shape index (κ2) is 8.18. The van der Waals surface area contributed by atoms with Crippen molar-refractivity contribution in [1.82, 2.24) is 19.1 Å². The molecular formula is C20H24F2N4OS2. The van der Waals surface area contributed by atoms with E-state index in [0.717, 1.165) is 34.0 Å². The molecule has 0 spiro atoms. The third-order valence-electron chi connectivity index (χ3n) is 5.22. The Bertz CT molecular complexity index is 1090. The Balaban J connectivity index is 1.76. The highest BCUT2D eigenvalue weighted by atomic mass is 32.2. The van der Waals surface area contributed by atoms with Crippen LogP contribution < -0.4 is 5.56 Å². The Morgan fingerprint density at radius 3 is 2.90 bits per heavy atom. The lowest BCUT2D eigenvalue weighted by Crippen LogP contribution is -2.26. The van der Waals surface area contributed by atoms with E-state index in [0.29, 0.717) is 17.6 Å². The topological polar surface area (TPSA) is 52.7 Å². The summed E-state index contributed by atoms with van der Waals surface area (Å²) in [7, 11) is 0. The van der Waals surface area contributed by atoms with Crippen molar-refractivity contribution in [2.75, 3.05) is 0 Å². The molecule has 1 aliphatic rings. The van der Waals surface area contributed by atoms with Gasteiger partial charge in [-0.2, -0.15) is 8.78 Å². The fourth-order valence-electron chi connectivity index (χ4n) is 3.80. The van der Waals surface area contributed by atoms with Crippen molar-refractivity contribution in [3.8, 4) is 0 Å². The minimum Gasteiger partial charge on any atom is -0.287 e. The Labute approximate surface area is 176 Å². The second-order valence-electron chi connectivity index (χ2n) is 8.05. The molecule has 4 rings (SSSR count). The fraction of sp³-hybridized carbons (Fsp3) is 0.550. The summed E-state index contributed by atoms with van der Waals surface area (Å²) in [5.41, 5.74) is 1.17. The molecule has 0 saturated heterocycles. The number of nitrogens with zero attached hydrogens (tertiary/aromatic N) is 4. The number of rotatable bonds is 6. The molecule has 3 heterocycles. The zero-order valence-electron chi connectivity index (χ0n) is 16.7. The molecule has 0 aliphatic heterocycles. The molecule has 0 N–H and O–H groups in total. The maximum Gasteiger partial charge on any atom is 0.319 e. The van der Waals surface area contributed by atoms with Gasteiger partial charge < -0.3 is 0 Å². The van der Waals surface area contributed by atoms with Gasteiger partial charge in [0.1, 0.15) is 10.7 Å². The SMILES string of the molecule is CC(C)Cn1c(SCc2nccn2C(F)F)nc2sc3c(c2c1=O)CCC(C)C3. The first-order valence-electron chi connectivity index (χ1n) is 9.82. The third-order valence-corrected chi connectivity index (χ3v) is 7.34. The molecule has 3 aromatic rings. The highest BCUT2D eigenvalue weighted by Gasteiger charge is 2.25. The van der Waals surface area contributed by atoms with Crippen molar-refractivity contribution in [3.63, 3.8) is 0 Å².